The highest BCUT2D eigenvalue weighted by Gasteiger charge is 2.34. The second-order valence-corrected chi connectivity index (χ2v) is 5.80. The molecule has 3 rings (SSSR count). The van der Waals surface area contributed by atoms with Gasteiger partial charge >= 0.3 is 0 Å². The minimum absolute atomic E-state index is 0. The highest BCUT2D eigenvalue weighted by molar-refractivity contribution is 7.13. The standard InChI is InChI=1S/C11H16N4OS.ClH/c16-10(14-11-15-12-6-17-11)5-7-3-8-1-2-9(4-7)13-8;/h6-9,13H,1-5H2,(H,14,15,16);1H. The van der Waals surface area contributed by atoms with Crippen LogP contribution in [0.15, 0.2) is 5.51 Å². The zero-order chi connectivity index (χ0) is 11.7. The molecule has 1 aromatic heterocycles. The molecule has 7 heteroatoms. The van der Waals surface area contributed by atoms with Gasteiger partial charge in [-0.15, -0.1) is 22.6 Å². The number of nitrogens with zero attached hydrogens (tertiary/aromatic N) is 2. The monoisotopic (exact) mass is 288 g/mol. The molecule has 0 aliphatic carbocycles. The summed E-state index contributed by atoms with van der Waals surface area (Å²) in [6.45, 7) is 0. The molecule has 0 spiro atoms. The molecule has 1 aromatic rings. The molecular formula is C11H17ClN4OS. The number of fused-ring (bicyclic) bond motifs is 2. The van der Waals surface area contributed by atoms with Crippen LogP contribution in [0, 0.1) is 5.92 Å². The van der Waals surface area contributed by atoms with E-state index in [1.807, 2.05) is 0 Å². The van der Waals surface area contributed by atoms with Crippen molar-refractivity contribution in [3.63, 3.8) is 0 Å². The summed E-state index contributed by atoms with van der Waals surface area (Å²) >= 11 is 1.36. The molecule has 3 heterocycles. The van der Waals surface area contributed by atoms with Crippen LogP contribution in [0.4, 0.5) is 5.13 Å². The molecule has 0 radical (unpaired) electrons. The van der Waals surface area contributed by atoms with Crippen molar-refractivity contribution in [1.29, 1.82) is 0 Å². The Labute approximate surface area is 116 Å². The molecule has 1 amide bonds. The zero-order valence-corrected chi connectivity index (χ0v) is 11.6. The Kier molecular flexibility index (Phi) is 4.53. The van der Waals surface area contributed by atoms with Crippen molar-refractivity contribution in [2.24, 2.45) is 5.92 Å². The Morgan fingerprint density at radius 3 is 2.78 bits per heavy atom. The van der Waals surface area contributed by atoms with E-state index >= 15 is 0 Å². The molecule has 2 aliphatic rings. The number of carbonyl (C=O) groups is 1. The Morgan fingerprint density at radius 1 is 1.44 bits per heavy atom. The maximum absolute atomic E-state index is 11.8. The minimum atomic E-state index is 0. The lowest BCUT2D eigenvalue weighted by Crippen LogP contribution is -2.39. The third-order valence-electron chi connectivity index (χ3n) is 3.65. The molecule has 18 heavy (non-hydrogen) atoms. The van der Waals surface area contributed by atoms with Crippen molar-refractivity contribution >= 4 is 34.8 Å². The average molecular weight is 289 g/mol. The van der Waals surface area contributed by atoms with Gasteiger partial charge in [0.2, 0.25) is 11.0 Å². The summed E-state index contributed by atoms with van der Waals surface area (Å²) in [5.41, 5.74) is 1.63. The SMILES string of the molecule is Cl.O=C(CC1CC2CCC(C1)N2)Nc1nncs1. The van der Waals surface area contributed by atoms with E-state index in [-0.39, 0.29) is 18.3 Å². The number of anilines is 1. The van der Waals surface area contributed by atoms with E-state index in [9.17, 15) is 4.79 Å². The first-order valence-electron chi connectivity index (χ1n) is 6.11. The summed E-state index contributed by atoms with van der Waals surface area (Å²) < 4.78 is 0. The van der Waals surface area contributed by atoms with Crippen LogP contribution in [-0.4, -0.2) is 28.2 Å². The summed E-state index contributed by atoms with van der Waals surface area (Å²) in [5, 5.41) is 14.5. The number of amides is 1. The average Bonchev–Trinajstić information content (AvgIpc) is 2.89. The van der Waals surface area contributed by atoms with E-state index in [4.69, 9.17) is 0 Å². The van der Waals surface area contributed by atoms with Gasteiger partial charge in [-0.2, -0.15) is 0 Å². The molecule has 0 saturated carbocycles. The van der Waals surface area contributed by atoms with Crippen molar-refractivity contribution in [2.75, 3.05) is 5.32 Å². The number of halogens is 1. The molecule has 2 atom stereocenters. The quantitative estimate of drug-likeness (QED) is 0.890. The third kappa shape index (κ3) is 3.18. The van der Waals surface area contributed by atoms with Gasteiger partial charge in [0.25, 0.3) is 0 Å². The van der Waals surface area contributed by atoms with Gasteiger partial charge in [0.1, 0.15) is 5.51 Å². The number of hydrogen-bond donors (Lipinski definition) is 2. The molecule has 100 valence electrons. The van der Waals surface area contributed by atoms with Crippen LogP contribution in [0.3, 0.4) is 0 Å². The maximum atomic E-state index is 11.8. The van der Waals surface area contributed by atoms with Gasteiger partial charge in [0.15, 0.2) is 0 Å². The van der Waals surface area contributed by atoms with Crippen LogP contribution < -0.4 is 10.6 Å². The second kappa shape index (κ2) is 5.95. The van der Waals surface area contributed by atoms with Gasteiger partial charge in [-0.1, -0.05) is 11.3 Å². The summed E-state index contributed by atoms with van der Waals surface area (Å²) in [6.07, 6.45) is 5.45. The first-order valence-corrected chi connectivity index (χ1v) is 6.99. The third-order valence-corrected chi connectivity index (χ3v) is 4.26. The molecule has 0 aromatic carbocycles. The fraction of sp³-hybridized carbons (Fsp3) is 0.727. The largest absolute Gasteiger partial charge is 0.311 e. The van der Waals surface area contributed by atoms with E-state index in [1.54, 1.807) is 5.51 Å². The summed E-state index contributed by atoms with van der Waals surface area (Å²) in [7, 11) is 0. The summed E-state index contributed by atoms with van der Waals surface area (Å²) in [6, 6.07) is 1.29. The lowest BCUT2D eigenvalue weighted by molar-refractivity contribution is -0.117. The van der Waals surface area contributed by atoms with Crippen molar-refractivity contribution in [1.82, 2.24) is 15.5 Å². The Hall–Kier alpha value is -0.720. The predicted octanol–water partition coefficient (Wildman–Crippen LogP) is 1.82. The van der Waals surface area contributed by atoms with Crippen LogP contribution in [0.5, 0.6) is 0 Å². The van der Waals surface area contributed by atoms with Crippen molar-refractivity contribution in [3.8, 4) is 0 Å². The van der Waals surface area contributed by atoms with Gasteiger partial charge in [-0.25, -0.2) is 0 Å². The molecule has 2 aliphatic heterocycles. The Morgan fingerprint density at radius 2 is 2.17 bits per heavy atom. The number of carbonyl (C=O) groups excluding carboxylic acids is 1. The number of aromatic nitrogens is 2. The molecular weight excluding hydrogens is 272 g/mol. The zero-order valence-electron chi connectivity index (χ0n) is 9.96. The lowest BCUT2D eigenvalue weighted by atomic mass is 9.89. The molecule has 5 nitrogen and oxygen atoms in total. The minimum Gasteiger partial charge on any atom is -0.311 e. The van der Waals surface area contributed by atoms with Gasteiger partial charge in [-0.05, 0) is 31.6 Å². The second-order valence-electron chi connectivity index (χ2n) is 4.97. The fourth-order valence-corrected chi connectivity index (χ4v) is 3.46. The molecule has 2 fully saturated rings. The molecule has 2 N–H and O–H groups in total. The number of piperidine rings is 1. The maximum Gasteiger partial charge on any atom is 0.226 e. The highest BCUT2D eigenvalue weighted by atomic mass is 35.5. The summed E-state index contributed by atoms with van der Waals surface area (Å²) in [4.78, 5) is 11.8. The first kappa shape index (κ1) is 13.7. The lowest BCUT2D eigenvalue weighted by Gasteiger charge is -2.28. The van der Waals surface area contributed by atoms with Crippen molar-refractivity contribution in [3.05, 3.63) is 5.51 Å². The molecule has 2 unspecified atom stereocenters. The normalized spacial score (nSPS) is 29.7. The first-order chi connectivity index (χ1) is 8.29. The van der Waals surface area contributed by atoms with Crippen LogP contribution in [-0.2, 0) is 4.79 Å². The van der Waals surface area contributed by atoms with Crippen molar-refractivity contribution < 1.29 is 4.79 Å². The number of rotatable bonds is 3. The van der Waals surface area contributed by atoms with E-state index in [2.05, 4.69) is 20.8 Å². The number of nitrogens with one attached hydrogen (secondary N) is 2. The smallest absolute Gasteiger partial charge is 0.226 e. The summed E-state index contributed by atoms with van der Waals surface area (Å²) in [5.74, 6) is 0.606. The van der Waals surface area contributed by atoms with E-state index in [0.29, 0.717) is 29.6 Å². The topological polar surface area (TPSA) is 66.9 Å². The van der Waals surface area contributed by atoms with Crippen LogP contribution in [0.1, 0.15) is 32.1 Å². The Balaban J connectivity index is 0.00000120. The van der Waals surface area contributed by atoms with Gasteiger partial charge in [-0.3, -0.25) is 4.79 Å². The predicted molar refractivity (Wildman–Crippen MR) is 73.1 cm³/mol. The van der Waals surface area contributed by atoms with Crippen molar-refractivity contribution in [2.45, 2.75) is 44.2 Å². The van der Waals surface area contributed by atoms with E-state index < -0.39 is 0 Å². The van der Waals surface area contributed by atoms with Gasteiger partial charge < -0.3 is 10.6 Å². The van der Waals surface area contributed by atoms with E-state index in [1.165, 1.54) is 24.2 Å². The molecule has 2 bridgehead atoms. The fourth-order valence-electron chi connectivity index (χ4n) is 3.00. The van der Waals surface area contributed by atoms with Crippen LogP contribution in [0.2, 0.25) is 0 Å². The van der Waals surface area contributed by atoms with Gasteiger partial charge in [0.05, 0.1) is 0 Å². The number of hydrogen-bond acceptors (Lipinski definition) is 5. The van der Waals surface area contributed by atoms with Crippen LogP contribution in [0.25, 0.3) is 0 Å². The van der Waals surface area contributed by atoms with Crippen LogP contribution >= 0.6 is 23.7 Å². The highest BCUT2D eigenvalue weighted by Crippen LogP contribution is 2.32. The van der Waals surface area contributed by atoms with E-state index in [0.717, 1.165) is 12.8 Å². The Bertz CT molecular complexity index is 388. The van der Waals surface area contributed by atoms with Gasteiger partial charge in [0, 0.05) is 18.5 Å². The molecule has 2 saturated heterocycles.